The number of fused-ring (bicyclic) bond motifs is 1. The minimum Gasteiger partial charge on any atom is -0.506 e. The van der Waals surface area contributed by atoms with E-state index < -0.39 is 0 Å². The molecule has 2 heterocycles. The van der Waals surface area contributed by atoms with Crippen molar-refractivity contribution in [2.45, 2.75) is 19.3 Å². The molecule has 2 saturated heterocycles. The van der Waals surface area contributed by atoms with E-state index in [-0.39, 0.29) is 34.0 Å². The lowest BCUT2D eigenvalue weighted by Crippen LogP contribution is -2.58. The number of para-hydroxylation sites is 2. The second kappa shape index (κ2) is 7.56. The molecule has 3 aliphatic rings. The molecule has 2 N–H and O–H groups in total. The molecule has 1 aromatic rings. The van der Waals surface area contributed by atoms with Crippen molar-refractivity contribution in [1.82, 2.24) is 4.90 Å². The normalized spacial score (nSPS) is 26.6. The monoisotopic (exact) mass is 386 g/mol. The van der Waals surface area contributed by atoms with Crippen LogP contribution in [0.25, 0.3) is 0 Å². The van der Waals surface area contributed by atoms with Crippen LogP contribution in [-0.2, 0) is 9.59 Å². The summed E-state index contributed by atoms with van der Waals surface area (Å²) in [5, 5.41) is 20.9. The molecule has 150 valence electrons. The second-order valence-electron chi connectivity index (χ2n) is 8.08. The zero-order chi connectivity index (χ0) is 19.7. The number of rotatable bonds is 5. The molecule has 0 radical (unpaired) electrons. The van der Waals surface area contributed by atoms with Crippen molar-refractivity contribution in [3.8, 4) is 5.75 Å². The van der Waals surface area contributed by atoms with Gasteiger partial charge in [-0.3, -0.25) is 14.5 Å². The summed E-state index contributed by atoms with van der Waals surface area (Å²) in [5.74, 6) is -0.211. The van der Waals surface area contributed by atoms with Gasteiger partial charge in [-0.25, -0.2) is 5.21 Å². The van der Waals surface area contributed by atoms with Crippen molar-refractivity contribution < 1.29 is 24.5 Å². The first kappa shape index (κ1) is 19.0. The number of anilines is 1. The summed E-state index contributed by atoms with van der Waals surface area (Å²) >= 11 is 0. The number of hydroxylamine groups is 3. The van der Waals surface area contributed by atoms with Crippen LogP contribution in [0.15, 0.2) is 36.4 Å². The number of aromatic hydroxyl groups is 1. The van der Waals surface area contributed by atoms with E-state index in [9.17, 15) is 19.9 Å². The Bertz CT molecular complexity index is 760. The molecule has 2 amide bonds. The lowest BCUT2D eigenvalue weighted by atomic mass is 9.85. The number of phenolic OH excluding ortho intramolecular Hbond substituents is 1. The molecule has 1 aliphatic carbocycles. The molecule has 4 rings (SSSR count). The number of phenols is 1. The maximum absolute atomic E-state index is 12.5. The van der Waals surface area contributed by atoms with Gasteiger partial charge < -0.3 is 10.0 Å². The zero-order valence-corrected chi connectivity index (χ0v) is 16.0. The number of piperazine rings is 1. The highest BCUT2D eigenvalue weighted by Crippen LogP contribution is 2.35. The Balaban J connectivity index is 1.28. The summed E-state index contributed by atoms with van der Waals surface area (Å²) in [6, 6.07) is 7.23. The van der Waals surface area contributed by atoms with Gasteiger partial charge in [0.1, 0.15) is 25.4 Å². The van der Waals surface area contributed by atoms with Crippen molar-refractivity contribution in [3.63, 3.8) is 0 Å². The molecule has 2 fully saturated rings. The fraction of sp³-hybridized carbons (Fsp3) is 0.524. The summed E-state index contributed by atoms with van der Waals surface area (Å²) in [7, 11) is 0. The van der Waals surface area contributed by atoms with Gasteiger partial charge in [-0.2, -0.15) is 4.65 Å². The van der Waals surface area contributed by atoms with Gasteiger partial charge in [0.2, 0.25) is 11.8 Å². The fourth-order valence-corrected chi connectivity index (χ4v) is 4.65. The van der Waals surface area contributed by atoms with Crippen LogP contribution in [-0.4, -0.2) is 70.9 Å². The van der Waals surface area contributed by atoms with Crippen molar-refractivity contribution in [2.24, 2.45) is 11.8 Å². The minimum atomic E-state index is -0.183. The van der Waals surface area contributed by atoms with Crippen LogP contribution < -0.4 is 4.90 Å². The van der Waals surface area contributed by atoms with Crippen LogP contribution >= 0.6 is 0 Å². The van der Waals surface area contributed by atoms with E-state index in [0.29, 0.717) is 58.5 Å². The van der Waals surface area contributed by atoms with Crippen molar-refractivity contribution in [1.29, 1.82) is 0 Å². The highest BCUT2D eigenvalue weighted by Gasteiger charge is 2.47. The molecule has 7 nitrogen and oxygen atoms in total. The Morgan fingerprint density at radius 1 is 1.00 bits per heavy atom. The Morgan fingerprint density at radius 2 is 1.61 bits per heavy atom. The van der Waals surface area contributed by atoms with Crippen LogP contribution in [0.5, 0.6) is 5.75 Å². The molecule has 7 heteroatoms. The van der Waals surface area contributed by atoms with Gasteiger partial charge in [0.15, 0.2) is 0 Å². The third-order valence-corrected chi connectivity index (χ3v) is 6.35. The SMILES string of the molecule is O=C1C2CC=CCC2C(=O)N1CCC[N+]1(O)CCN(c2ccccc2O)CC1. The summed E-state index contributed by atoms with van der Waals surface area (Å²) in [4.78, 5) is 28.5. The lowest BCUT2D eigenvalue weighted by Gasteiger charge is -2.39. The number of quaternary nitrogens is 1. The average Bonchev–Trinajstić information content (AvgIpc) is 2.94. The van der Waals surface area contributed by atoms with E-state index >= 15 is 0 Å². The number of allylic oxidation sites excluding steroid dienone is 2. The lowest BCUT2D eigenvalue weighted by molar-refractivity contribution is -1.10. The Labute approximate surface area is 165 Å². The number of benzene rings is 1. The van der Waals surface area contributed by atoms with Gasteiger partial charge in [0.05, 0.1) is 30.6 Å². The minimum absolute atomic E-state index is 0.0480. The molecule has 0 spiro atoms. The largest absolute Gasteiger partial charge is 0.506 e. The van der Waals surface area contributed by atoms with Gasteiger partial charge >= 0.3 is 0 Å². The van der Waals surface area contributed by atoms with E-state index in [1.165, 1.54) is 4.90 Å². The number of likely N-dealkylation sites (tertiary alicyclic amines) is 1. The highest BCUT2D eigenvalue weighted by atomic mass is 16.5. The van der Waals surface area contributed by atoms with E-state index in [1.807, 2.05) is 24.3 Å². The van der Waals surface area contributed by atoms with Crippen molar-refractivity contribution >= 4 is 17.5 Å². The van der Waals surface area contributed by atoms with E-state index in [1.54, 1.807) is 12.1 Å². The van der Waals surface area contributed by atoms with Crippen LogP contribution in [0.2, 0.25) is 0 Å². The van der Waals surface area contributed by atoms with Gasteiger partial charge in [-0.1, -0.05) is 24.3 Å². The highest BCUT2D eigenvalue weighted by molar-refractivity contribution is 6.05. The number of hydrogen-bond donors (Lipinski definition) is 2. The van der Waals surface area contributed by atoms with Crippen molar-refractivity contribution in [2.75, 3.05) is 44.2 Å². The quantitative estimate of drug-likeness (QED) is 0.458. The molecule has 0 aromatic heterocycles. The molecule has 2 unspecified atom stereocenters. The number of hydrogen-bond acceptors (Lipinski definition) is 5. The zero-order valence-electron chi connectivity index (χ0n) is 16.0. The van der Waals surface area contributed by atoms with Crippen LogP contribution in [0, 0.1) is 11.8 Å². The van der Waals surface area contributed by atoms with Crippen molar-refractivity contribution in [3.05, 3.63) is 36.4 Å². The van der Waals surface area contributed by atoms with Gasteiger partial charge in [-0.15, -0.1) is 0 Å². The van der Waals surface area contributed by atoms with E-state index in [4.69, 9.17) is 0 Å². The molecule has 2 atom stereocenters. The Morgan fingerprint density at radius 3 is 2.21 bits per heavy atom. The number of carbonyl (C=O) groups is 2. The molecule has 0 saturated carbocycles. The molecule has 28 heavy (non-hydrogen) atoms. The average molecular weight is 386 g/mol. The molecular formula is C21H28N3O4+. The summed E-state index contributed by atoms with van der Waals surface area (Å²) in [6.45, 7) is 3.28. The Hall–Kier alpha value is -2.38. The maximum atomic E-state index is 12.5. The molecular weight excluding hydrogens is 358 g/mol. The Kier molecular flexibility index (Phi) is 5.12. The standard InChI is InChI=1S/C21H27N3O4/c25-19-9-4-3-8-18(19)22-11-14-24(28,15-12-22)13-5-10-23-20(26)16-6-1-2-7-17(16)21(23)27/h1-4,8-9,16-17,28H,5-7,10-15H2/p+1. The van der Waals surface area contributed by atoms with Crippen LogP contribution in [0.3, 0.4) is 0 Å². The topological polar surface area (TPSA) is 81.1 Å². The predicted molar refractivity (Wildman–Crippen MR) is 104 cm³/mol. The number of imide groups is 1. The summed E-state index contributed by atoms with van der Waals surface area (Å²) in [6.07, 6.45) is 5.90. The second-order valence-corrected chi connectivity index (χ2v) is 8.08. The first-order chi connectivity index (χ1) is 13.5. The van der Waals surface area contributed by atoms with E-state index in [2.05, 4.69) is 4.90 Å². The van der Waals surface area contributed by atoms with Gasteiger partial charge in [0.25, 0.3) is 0 Å². The smallest absolute Gasteiger partial charge is 0.233 e. The summed E-state index contributed by atoms with van der Waals surface area (Å²) < 4.78 is -0.0608. The first-order valence-corrected chi connectivity index (χ1v) is 10.1. The molecule has 1 aromatic carbocycles. The third kappa shape index (κ3) is 3.52. The van der Waals surface area contributed by atoms with Gasteiger partial charge in [0, 0.05) is 13.0 Å². The van der Waals surface area contributed by atoms with E-state index in [0.717, 1.165) is 5.69 Å². The number of nitrogens with zero attached hydrogens (tertiary/aromatic N) is 3. The number of carbonyl (C=O) groups excluding carboxylic acids is 2. The number of amides is 2. The predicted octanol–water partition coefficient (Wildman–Crippen LogP) is 1.76. The molecule has 0 bridgehead atoms. The van der Waals surface area contributed by atoms with Crippen LogP contribution in [0.4, 0.5) is 5.69 Å². The fourth-order valence-electron chi connectivity index (χ4n) is 4.65. The third-order valence-electron chi connectivity index (χ3n) is 6.35. The van der Waals surface area contributed by atoms with Gasteiger partial charge in [-0.05, 0) is 25.0 Å². The molecule has 2 aliphatic heterocycles. The maximum Gasteiger partial charge on any atom is 0.233 e. The summed E-state index contributed by atoms with van der Waals surface area (Å²) in [5.41, 5.74) is 0.790. The first-order valence-electron chi connectivity index (χ1n) is 10.1. The van der Waals surface area contributed by atoms with Crippen LogP contribution in [0.1, 0.15) is 19.3 Å².